The minimum atomic E-state index is -0.433. The summed E-state index contributed by atoms with van der Waals surface area (Å²) in [6.45, 7) is 4.59. The van der Waals surface area contributed by atoms with Gasteiger partial charge in [-0.15, -0.1) is 24.0 Å². The molecule has 1 aromatic carbocycles. The van der Waals surface area contributed by atoms with Crippen LogP contribution >= 0.6 is 24.0 Å². The molecule has 0 aromatic heterocycles. The number of carbonyl (C=O) groups is 1. The van der Waals surface area contributed by atoms with Crippen LogP contribution in [0, 0.1) is 10.1 Å². The molecule has 140 valence electrons. The second kappa shape index (κ2) is 11.6. The summed E-state index contributed by atoms with van der Waals surface area (Å²) >= 11 is 0. The zero-order chi connectivity index (χ0) is 18.1. The number of rotatable bonds is 7. The first-order valence-corrected chi connectivity index (χ1v) is 7.81. The first-order valence-electron chi connectivity index (χ1n) is 7.81. The number of amides is 1. The fourth-order valence-corrected chi connectivity index (χ4v) is 1.70. The normalized spacial score (nSPS) is 11.9. The van der Waals surface area contributed by atoms with Crippen molar-refractivity contribution < 1.29 is 9.72 Å². The maximum Gasteiger partial charge on any atom is 0.269 e. The van der Waals surface area contributed by atoms with E-state index in [1.54, 1.807) is 26.2 Å². The van der Waals surface area contributed by atoms with E-state index in [1.165, 1.54) is 17.0 Å². The minimum Gasteiger partial charge on any atom is -0.354 e. The van der Waals surface area contributed by atoms with Crippen LogP contribution in [-0.2, 0) is 11.3 Å². The molecule has 2 N–H and O–H groups in total. The van der Waals surface area contributed by atoms with E-state index in [2.05, 4.69) is 22.5 Å². The Morgan fingerprint density at radius 3 is 2.40 bits per heavy atom. The van der Waals surface area contributed by atoms with Gasteiger partial charge in [0.1, 0.15) is 0 Å². The standard InChI is InChI=1S/C16H25N5O3.HI/c1-5-12(2)19-16(18-11-15(22)20(3)4)17-10-13-6-8-14(9-7-13)21(23)24;/h6-9,12H,5,10-11H2,1-4H3,(H2,17,18,19);1H. The van der Waals surface area contributed by atoms with Crippen molar-refractivity contribution in [3.63, 3.8) is 0 Å². The molecular formula is C16H26IN5O3. The van der Waals surface area contributed by atoms with Gasteiger partial charge in [0.15, 0.2) is 5.96 Å². The lowest BCUT2D eigenvalue weighted by molar-refractivity contribution is -0.384. The Balaban J connectivity index is 0.00000576. The highest BCUT2D eigenvalue weighted by atomic mass is 127. The van der Waals surface area contributed by atoms with E-state index in [0.717, 1.165) is 12.0 Å². The van der Waals surface area contributed by atoms with E-state index < -0.39 is 4.92 Å². The van der Waals surface area contributed by atoms with E-state index in [-0.39, 0.29) is 48.2 Å². The van der Waals surface area contributed by atoms with Crippen molar-refractivity contribution in [3.8, 4) is 0 Å². The van der Waals surface area contributed by atoms with Gasteiger partial charge in [0.05, 0.1) is 18.0 Å². The second-order valence-corrected chi connectivity index (χ2v) is 5.68. The fourth-order valence-electron chi connectivity index (χ4n) is 1.70. The lowest BCUT2D eigenvalue weighted by Gasteiger charge is -2.18. The van der Waals surface area contributed by atoms with Crippen molar-refractivity contribution in [2.24, 2.45) is 4.99 Å². The third-order valence-electron chi connectivity index (χ3n) is 3.47. The molecule has 1 amide bonds. The van der Waals surface area contributed by atoms with Crippen molar-refractivity contribution in [2.75, 3.05) is 20.6 Å². The Morgan fingerprint density at radius 1 is 1.32 bits per heavy atom. The van der Waals surface area contributed by atoms with Crippen molar-refractivity contribution >= 4 is 41.5 Å². The maximum atomic E-state index is 11.7. The molecule has 0 aliphatic carbocycles. The Labute approximate surface area is 165 Å². The molecule has 0 saturated carbocycles. The largest absolute Gasteiger partial charge is 0.354 e. The smallest absolute Gasteiger partial charge is 0.269 e. The number of carbonyl (C=O) groups excluding carboxylic acids is 1. The summed E-state index contributed by atoms with van der Waals surface area (Å²) in [4.78, 5) is 27.9. The van der Waals surface area contributed by atoms with Crippen molar-refractivity contribution in [1.82, 2.24) is 15.5 Å². The number of guanidine groups is 1. The molecular weight excluding hydrogens is 437 g/mol. The maximum absolute atomic E-state index is 11.7. The van der Waals surface area contributed by atoms with Crippen LogP contribution in [0.4, 0.5) is 5.69 Å². The number of halogens is 1. The molecule has 1 aromatic rings. The number of nitrogens with one attached hydrogen (secondary N) is 2. The van der Waals surface area contributed by atoms with E-state index in [9.17, 15) is 14.9 Å². The van der Waals surface area contributed by atoms with E-state index in [1.807, 2.05) is 6.92 Å². The fraction of sp³-hybridized carbons (Fsp3) is 0.500. The van der Waals surface area contributed by atoms with Gasteiger partial charge in [-0.3, -0.25) is 14.9 Å². The Kier molecular flexibility index (Phi) is 10.7. The van der Waals surface area contributed by atoms with Crippen LogP contribution in [-0.4, -0.2) is 48.4 Å². The van der Waals surface area contributed by atoms with Gasteiger partial charge in [0, 0.05) is 32.3 Å². The summed E-state index contributed by atoms with van der Waals surface area (Å²) in [5.41, 5.74) is 0.903. The number of hydrogen-bond donors (Lipinski definition) is 2. The molecule has 8 nitrogen and oxygen atoms in total. The van der Waals surface area contributed by atoms with Gasteiger partial charge in [-0.2, -0.15) is 0 Å². The van der Waals surface area contributed by atoms with E-state index in [0.29, 0.717) is 12.5 Å². The summed E-state index contributed by atoms with van der Waals surface area (Å²) in [6.07, 6.45) is 0.917. The van der Waals surface area contributed by atoms with Crippen LogP contribution in [0.5, 0.6) is 0 Å². The molecule has 0 fully saturated rings. The first-order chi connectivity index (χ1) is 11.3. The molecule has 0 heterocycles. The molecule has 25 heavy (non-hydrogen) atoms. The zero-order valence-corrected chi connectivity index (χ0v) is 17.3. The molecule has 1 rings (SSSR count). The van der Waals surface area contributed by atoms with Gasteiger partial charge in [-0.1, -0.05) is 19.1 Å². The molecule has 9 heteroatoms. The number of nitrogens with zero attached hydrogens (tertiary/aromatic N) is 3. The molecule has 0 spiro atoms. The van der Waals surface area contributed by atoms with Crippen LogP contribution in [0.15, 0.2) is 29.3 Å². The highest BCUT2D eigenvalue weighted by molar-refractivity contribution is 14.0. The highest BCUT2D eigenvalue weighted by Gasteiger charge is 2.08. The SMILES string of the molecule is CCC(C)NC(=NCc1ccc([N+](=O)[O-])cc1)NCC(=O)N(C)C.I. The van der Waals surface area contributed by atoms with Crippen molar-refractivity contribution in [1.29, 1.82) is 0 Å². The Hall–Kier alpha value is -1.91. The van der Waals surface area contributed by atoms with Crippen molar-refractivity contribution in [3.05, 3.63) is 39.9 Å². The quantitative estimate of drug-likeness (QED) is 0.212. The number of nitro groups is 1. The molecule has 0 radical (unpaired) electrons. The Morgan fingerprint density at radius 2 is 1.92 bits per heavy atom. The Bertz CT molecular complexity index is 590. The number of likely N-dealkylation sites (N-methyl/N-ethyl adjacent to an activating group) is 1. The molecule has 0 aliphatic rings. The van der Waals surface area contributed by atoms with Gasteiger partial charge < -0.3 is 15.5 Å². The summed E-state index contributed by atoms with van der Waals surface area (Å²) in [5, 5.41) is 16.9. The first kappa shape index (κ1) is 23.1. The van der Waals surface area contributed by atoms with Crippen LogP contribution in [0.1, 0.15) is 25.8 Å². The van der Waals surface area contributed by atoms with Crippen molar-refractivity contribution in [2.45, 2.75) is 32.9 Å². The average Bonchev–Trinajstić information content (AvgIpc) is 2.56. The predicted molar refractivity (Wildman–Crippen MR) is 109 cm³/mol. The number of aliphatic imine (C=N–C) groups is 1. The van der Waals surface area contributed by atoms with Gasteiger partial charge in [0.2, 0.25) is 5.91 Å². The summed E-state index contributed by atoms with van der Waals surface area (Å²) < 4.78 is 0. The molecule has 1 unspecified atom stereocenters. The lowest BCUT2D eigenvalue weighted by Crippen LogP contribution is -2.45. The van der Waals surface area contributed by atoms with Crippen LogP contribution in [0.25, 0.3) is 0 Å². The van der Waals surface area contributed by atoms with Crippen LogP contribution in [0.2, 0.25) is 0 Å². The van der Waals surface area contributed by atoms with Gasteiger partial charge in [-0.05, 0) is 18.9 Å². The zero-order valence-electron chi connectivity index (χ0n) is 15.0. The second-order valence-electron chi connectivity index (χ2n) is 5.68. The summed E-state index contributed by atoms with van der Waals surface area (Å²) in [7, 11) is 3.39. The third kappa shape index (κ3) is 8.66. The van der Waals surface area contributed by atoms with Crippen LogP contribution < -0.4 is 10.6 Å². The molecule has 1 atom stereocenters. The molecule has 0 aliphatic heterocycles. The van der Waals surface area contributed by atoms with Gasteiger partial charge in [-0.25, -0.2) is 4.99 Å². The molecule has 0 saturated heterocycles. The lowest BCUT2D eigenvalue weighted by atomic mass is 10.2. The third-order valence-corrected chi connectivity index (χ3v) is 3.47. The topological polar surface area (TPSA) is 99.9 Å². The monoisotopic (exact) mass is 463 g/mol. The van der Waals surface area contributed by atoms with Gasteiger partial charge in [0.25, 0.3) is 5.69 Å². The predicted octanol–water partition coefficient (Wildman–Crippen LogP) is 2.13. The van der Waals surface area contributed by atoms with Crippen LogP contribution in [0.3, 0.4) is 0 Å². The van der Waals surface area contributed by atoms with E-state index in [4.69, 9.17) is 0 Å². The highest BCUT2D eigenvalue weighted by Crippen LogP contribution is 2.12. The summed E-state index contributed by atoms with van der Waals surface area (Å²) in [6, 6.07) is 6.47. The summed E-state index contributed by atoms with van der Waals surface area (Å²) in [5.74, 6) is 0.488. The van der Waals surface area contributed by atoms with E-state index >= 15 is 0 Å². The average molecular weight is 463 g/mol. The number of non-ortho nitro benzene ring substituents is 1. The number of hydrogen-bond acceptors (Lipinski definition) is 4. The van der Waals surface area contributed by atoms with Gasteiger partial charge >= 0.3 is 0 Å². The number of benzene rings is 1. The molecule has 0 bridgehead atoms. The number of nitro benzene ring substituents is 1. The minimum absolute atomic E-state index is 0.